The lowest BCUT2D eigenvalue weighted by Gasteiger charge is -2.18. The van der Waals surface area contributed by atoms with Gasteiger partial charge in [0.1, 0.15) is 6.26 Å². The maximum atomic E-state index is 12.2. The first-order chi connectivity index (χ1) is 11.0. The van der Waals surface area contributed by atoms with Crippen LogP contribution in [0.25, 0.3) is 0 Å². The van der Waals surface area contributed by atoms with Gasteiger partial charge in [0, 0.05) is 24.7 Å². The normalized spacial score (nSPS) is 17.4. The van der Waals surface area contributed by atoms with Gasteiger partial charge in [0.2, 0.25) is 5.91 Å². The first kappa shape index (κ1) is 15.1. The summed E-state index contributed by atoms with van der Waals surface area (Å²) in [7, 11) is 0. The molecule has 1 aliphatic heterocycles. The van der Waals surface area contributed by atoms with Crippen LogP contribution in [0.15, 0.2) is 35.1 Å². The van der Waals surface area contributed by atoms with Crippen LogP contribution in [-0.4, -0.2) is 29.7 Å². The first-order valence-electron chi connectivity index (χ1n) is 7.38. The van der Waals surface area contributed by atoms with Gasteiger partial charge in [0.25, 0.3) is 0 Å². The number of hydrogen-bond acceptors (Lipinski definition) is 4. The number of aryl methyl sites for hydroxylation is 2. The van der Waals surface area contributed by atoms with E-state index >= 15 is 0 Å². The average Bonchev–Trinajstić information content (AvgIpc) is 3.12. The SMILES string of the molecule is Cc1ccc(N2C[C@H](NC(=O)Nc3ccon3)CC2=O)cc1C. The number of rotatable bonds is 3. The molecule has 0 spiro atoms. The molecule has 1 saturated heterocycles. The average molecular weight is 314 g/mol. The molecule has 120 valence electrons. The summed E-state index contributed by atoms with van der Waals surface area (Å²) in [6.45, 7) is 4.50. The van der Waals surface area contributed by atoms with Crippen LogP contribution in [0.5, 0.6) is 0 Å². The Balaban J connectivity index is 1.62. The Kier molecular flexibility index (Phi) is 4.01. The van der Waals surface area contributed by atoms with Gasteiger partial charge in [-0.25, -0.2) is 4.79 Å². The van der Waals surface area contributed by atoms with E-state index in [0.717, 1.165) is 11.3 Å². The Morgan fingerprint density at radius 3 is 2.83 bits per heavy atom. The summed E-state index contributed by atoms with van der Waals surface area (Å²) in [6, 6.07) is 6.81. The second kappa shape index (κ2) is 6.12. The fourth-order valence-corrected chi connectivity index (χ4v) is 2.56. The number of aromatic nitrogens is 1. The van der Waals surface area contributed by atoms with Crippen LogP contribution in [0.3, 0.4) is 0 Å². The summed E-state index contributed by atoms with van der Waals surface area (Å²) in [5.41, 5.74) is 3.18. The molecule has 0 radical (unpaired) electrons. The quantitative estimate of drug-likeness (QED) is 0.909. The molecular formula is C16H18N4O3. The summed E-state index contributed by atoms with van der Waals surface area (Å²) in [4.78, 5) is 25.8. The zero-order valence-electron chi connectivity index (χ0n) is 13.0. The minimum absolute atomic E-state index is 0.0000100. The number of nitrogens with zero attached hydrogens (tertiary/aromatic N) is 2. The number of carbonyl (C=O) groups excluding carboxylic acids is 2. The van der Waals surface area contributed by atoms with Crippen molar-refractivity contribution in [3.8, 4) is 0 Å². The minimum atomic E-state index is -0.404. The second-order valence-electron chi connectivity index (χ2n) is 5.66. The highest BCUT2D eigenvalue weighted by Gasteiger charge is 2.31. The predicted octanol–water partition coefficient (Wildman–Crippen LogP) is 2.22. The van der Waals surface area contributed by atoms with E-state index in [-0.39, 0.29) is 18.4 Å². The summed E-state index contributed by atoms with van der Waals surface area (Å²) in [6.07, 6.45) is 1.65. The van der Waals surface area contributed by atoms with Gasteiger partial charge in [-0.3, -0.25) is 10.1 Å². The zero-order valence-corrected chi connectivity index (χ0v) is 13.0. The van der Waals surface area contributed by atoms with Crippen LogP contribution in [0.4, 0.5) is 16.3 Å². The highest BCUT2D eigenvalue weighted by molar-refractivity contribution is 5.97. The molecule has 3 amide bonds. The fourth-order valence-electron chi connectivity index (χ4n) is 2.56. The van der Waals surface area contributed by atoms with Gasteiger partial charge in [0.15, 0.2) is 5.82 Å². The summed E-state index contributed by atoms with van der Waals surface area (Å²) >= 11 is 0. The molecule has 0 saturated carbocycles. The molecule has 1 aromatic carbocycles. The topological polar surface area (TPSA) is 87.5 Å². The molecule has 1 aliphatic rings. The third kappa shape index (κ3) is 3.33. The van der Waals surface area contributed by atoms with E-state index < -0.39 is 6.03 Å². The molecular weight excluding hydrogens is 296 g/mol. The van der Waals surface area contributed by atoms with Crippen LogP contribution in [-0.2, 0) is 4.79 Å². The van der Waals surface area contributed by atoms with Crippen LogP contribution < -0.4 is 15.5 Å². The van der Waals surface area contributed by atoms with Crippen molar-refractivity contribution in [3.63, 3.8) is 0 Å². The number of hydrogen-bond donors (Lipinski definition) is 2. The van der Waals surface area contributed by atoms with Gasteiger partial charge in [-0.15, -0.1) is 0 Å². The van der Waals surface area contributed by atoms with Crippen LogP contribution in [0.2, 0.25) is 0 Å². The van der Waals surface area contributed by atoms with Gasteiger partial charge in [-0.05, 0) is 37.1 Å². The molecule has 2 aromatic rings. The zero-order chi connectivity index (χ0) is 16.4. The van der Waals surface area contributed by atoms with E-state index in [9.17, 15) is 9.59 Å². The van der Waals surface area contributed by atoms with Crippen LogP contribution in [0.1, 0.15) is 17.5 Å². The molecule has 1 atom stereocenters. The van der Waals surface area contributed by atoms with E-state index in [1.165, 1.54) is 11.8 Å². The first-order valence-corrected chi connectivity index (χ1v) is 7.38. The monoisotopic (exact) mass is 314 g/mol. The van der Waals surface area contributed by atoms with Gasteiger partial charge < -0.3 is 14.7 Å². The van der Waals surface area contributed by atoms with E-state index in [0.29, 0.717) is 12.4 Å². The van der Waals surface area contributed by atoms with Gasteiger partial charge in [-0.2, -0.15) is 0 Å². The minimum Gasteiger partial charge on any atom is -0.363 e. The largest absolute Gasteiger partial charge is 0.363 e. The van der Waals surface area contributed by atoms with E-state index in [1.807, 2.05) is 32.0 Å². The molecule has 2 heterocycles. The number of urea groups is 1. The van der Waals surface area contributed by atoms with Crippen molar-refractivity contribution in [3.05, 3.63) is 41.7 Å². The Morgan fingerprint density at radius 1 is 1.30 bits per heavy atom. The Morgan fingerprint density at radius 2 is 2.13 bits per heavy atom. The van der Waals surface area contributed by atoms with Crippen molar-refractivity contribution < 1.29 is 14.1 Å². The molecule has 3 rings (SSSR count). The summed E-state index contributed by atoms with van der Waals surface area (Å²) in [5, 5.41) is 8.93. The third-order valence-corrected chi connectivity index (χ3v) is 3.94. The molecule has 2 N–H and O–H groups in total. The molecule has 23 heavy (non-hydrogen) atoms. The number of nitrogens with one attached hydrogen (secondary N) is 2. The Labute approximate surface area is 133 Å². The fraction of sp³-hybridized carbons (Fsp3) is 0.312. The molecule has 7 nitrogen and oxygen atoms in total. The molecule has 0 aliphatic carbocycles. The Bertz CT molecular complexity index is 727. The number of amides is 3. The van der Waals surface area contributed by atoms with Crippen molar-refractivity contribution in [2.75, 3.05) is 16.8 Å². The van der Waals surface area contributed by atoms with E-state index in [4.69, 9.17) is 0 Å². The molecule has 1 aromatic heterocycles. The molecule has 1 fully saturated rings. The number of carbonyl (C=O) groups is 2. The van der Waals surface area contributed by atoms with Gasteiger partial charge >= 0.3 is 6.03 Å². The molecule has 7 heteroatoms. The highest BCUT2D eigenvalue weighted by Crippen LogP contribution is 2.24. The molecule has 0 unspecified atom stereocenters. The Hall–Kier alpha value is -2.83. The van der Waals surface area contributed by atoms with Crippen molar-refractivity contribution in [2.24, 2.45) is 0 Å². The lowest BCUT2D eigenvalue weighted by Crippen LogP contribution is -2.39. The maximum Gasteiger partial charge on any atom is 0.320 e. The van der Waals surface area contributed by atoms with Crippen LogP contribution in [0, 0.1) is 13.8 Å². The van der Waals surface area contributed by atoms with E-state index in [2.05, 4.69) is 20.3 Å². The lowest BCUT2D eigenvalue weighted by atomic mass is 10.1. The summed E-state index contributed by atoms with van der Waals surface area (Å²) < 4.78 is 4.64. The highest BCUT2D eigenvalue weighted by atomic mass is 16.5. The van der Waals surface area contributed by atoms with Crippen molar-refractivity contribution in [2.45, 2.75) is 26.3 Å². The lowest BCUT2D eigenvalue weighted by molar-refractivity contribution is -0.117. The smallest absolute Gasteiger partial charge is 0.320 e. The van der Waals surface area contributed by atoms with Crippen LogP contribution >= 0.6 is 0 Å². The maximum absolute atomic E-state index is 12.2. The van der Waals surface area contributed by atoms with Gasteiger partial charge in [-0.1, -0.05) is 11.2 Å². The van der Waals surface area contributed by atoms with Gasteiger partial charge in [0.05, 0.1) is 6.04 Å². The third-order valence-electron chi connectivity index (χ3n) is 3.94. The number of benzene rings is 1. The van der Waals surface area contributed by atoms with Crippen molar-refractivity contribution >= 4 is 23.4 Å². The van der Waals surface area contributed by atoms with E-state index in [1.54, 1.807) is 11.0 Å². The van der Waals surface area contributed by atoms with Crippen molar-refractivity contribution in [1.82, 2.24) is 10.5 Å². The predicted molar refractivity (Wildman–Crippen MR) is 85.3 cm³/mol. The second-order valence-corrected chi connectivity index (χ2v) is 5.66. The van der Waals surface area contributed by atoms with Crippen molar-refractivity contribution in [1.29, 1.82) is 0 Å². The standard InChI is InChI=1S/C16H18N4O3/c1-10-3-4-13(7-11(10)2)20-9-12(8-15(20)21)17-16(22)18-14-5-6-23-19-14/h3-7,12H,8-9H2,1-2H3,(H2,17,18,19,22)/t12-/m1/s1. The number of anilines is 2. The molecule has 0 bridgehead atoms. The summed E-state index contributed by atoms with van der Waals surface area (Å²) in [5.74, 6) is 0.331.